The molecule has 1 heterocycles. The monoisotopic (exact) mass is 200 g/mol. The molecule has 1 rings (SSSR count). The summed E-state index contributed by atoms with van der Waals surface area (Å²) >= 11 is 1.64. The largest absolute Gasteiger partial charge is 0.440 e. The van der Waals surface area contributed by atoms with Crippen LogP contribution in [0, 0.1) is 5.92 Å². The Kier molecular flexibility index (Phi) is 4.93. The molecule has 0 amide bonds. The van der Waals surface area contributed by atoms with Crippen molar-refractivity contribution in [1.82, 2.24) is 10.3 Å². The second-order valence-corrected chi connectivity index (χ2v) is 4.29. The van der Waals surface area contributed by atoms with Crippen LogP contribution >= 0.6 is 11.8 Å². The molecule has 0 bridgehead atoms. The van der Waals surface area contributed by atoms with Crippen molar-refractivity contribution in [3.8, 4) is 0 Å². The van der Waals surface area contributed by atoms with Crippen LogP contribution in [-0.2, 0) is 0 Å². The molecular weight excluding hydrogens is 184 g/mol. The van der Waals surface area contributed by atoms with Gasteiger partial charge in [0.25, 0.3) is 5.22 Å². The molecule has 4 heteroatoms. The smallest absolute Gasteiger partial charge is 0.255 e. The molecule has 0 atom stereocenters. The van der Waals surface area contributed by atoms with Gasteiger partial charge < -0.3 is 9.73 Å². The molecule has 0 radical (unpaired) electrons. The summed E-state index contributed by atoms with van der Waals surface area (Å²) in [6.45, 7) is 6.49. The quantitative estimate of drug-likeness (QED) is 0.563. The zero-order chi connectivity index (χ0) is 9.52. The highest BCUT2D eigenvalue weighted by molar-refractivity contribution is 7.99. The van der Waals surface area contributed by atoms with Crippen molar-refractivity contribution in [3.63, 3.8) is 0 Å². The van der Waals surface area contributed by atoms with E-state index in [0.717, 1.165) is 24.1 Å². The molecule has 0 aliphatic rings. The third kappa shape index (κ3) is 4.95. The first-order valence-electron chi connectivity index (χ1n) is 4.52. The summed E-state index contributed by atoms with van der Waals surface area (Å²) in [5, 5.41) is 4.11. The SMILES string of the molecule is CC(C)CNCCSc1ncco1. The fourth-order valence-corrected chi connectivity index (χ4v) is 1.56. The van der Waals surface area contributed by atoms with E-state index < -0.39 is 0 Å². The molecule has 1 N–H and O–H groups in total. The van der Waals surface area contributed by atoms with E-state index in [9.17, 15) is 0 Å². The maximum atomic E-state index is 5.09. The highest BCUT2D eigenvalue weighted by Gasteiger charge is 1.97. The second-order valence-electron chi connectivity index (χ2n) is 3.24. The number of aromatic nitrogens is 1. The summed E-state index contributed by atoms with van der Waals surface area (Å²) < 4.78 is 5.09. The van der Waals surface area contributed by atoms with Crippen LogP contribution in [0.2, 0.25) is 0 Å². The number of nitrogens with one attached hydrogen (secondary N) is 1. The molecule has 13 heavy (non-hydrogen) atoms. The molecule has 0 aliphatic heterocycles. The average molecular weight is 200 g/mol. The fourth-order valence-electron chi connectivity index (χ4n) is 0.883. The van der Waals surface area contributed by atoms with E-state index in [4.69, 9.17) is 4.42 Å². The van der Waals surface area contributed by atoms with Crippen LogP contribution in [0.3, 0.4) is 0 Å². The van der Waals surface area contributed by atoms with E-state index in [-0.39, 0.29) is 0 Å². The van der Waals surface area contributed by atoms with Crippen LogP contribution in [0.4, 0.5) is 0 Å². The lowest BCUT2D eigenvalue weighted by Gasteiger charge is -2.05. The van der Waals surface area contributed by atoms with E-state index in [0.29, 0.717) is 5.92 Å². The zero-order valence-corrected chi connectivity index (χ0v) is 8.93. The van der Waals surface area contributed by atoms with Crippen LogP contribution in [-0.4, -0.2) is 23.8 Å². The van der Waals surface area contributed by atoms with Crippen molar-refractivity contribution >= 4 is 11.8 Å². The summed E-state index contributed by atoms with van der Waals surface area (Å²) in [5.74, 6) is 1.72. The van der Waals surface area contributed by atoms with E-state index in [1.54, 1.807) is 24.2 Å². The van der Waals surface area contributed by atoms with Crippen LogP contribution in [0.15, 0.2) is 22.1 Å². The number of rotatable bonds is 6. The lowest BCUT2D eigenvalue weighted by Crippen LogP contribution is -2.22. The van der Waals surface area contributed by atoms with Crippen molar-refractivity contribution < 1.29 is 4.42 Å². The summed E-state index contributed by atoms with van der Waals surface area (Å²) in [4.78, 5) is 4.02. The molecule has 0 saturated carbocycles. The van der Waals surface area contributed by atoms with Gasteiger partial charge in [0.15, 0.2) is 0 Å². The van der Waals surface area contributed by atoms with Gasteiger partial charge in [-0.1, -0.05) is 25.6 Å². The molecule has 0 fully saturated rings. The molecule has 0 aromatic carbocycles. The van der Waals surface area contributed by atoms with E-state index in [2.05, 4.69) is 24.1 Å². The minimum Gasteiger partial charge on any atom is -0.440 e. The van der Waals surface area contributed by atoms with Gasteiger partial charge in [-0.15, -0.1) is 0 Å². The van der Waals surface area contributed by atoms with E-state index in [1.165, 1.54) is 0 Å². The highest BCUT2D eigenvalue weighted by Crippen LogP contribution is 2.13. The summed E-state index contributed by atoms with van der Waals surface area (Å²) in [7, 11) is 0. The van der Waals surface area contributed by atoms with Gasteiger partial charge in [-0.2, -0.15) is 0 Å². The third-order valence-corrected chi connectivity index (χ3v) is 2.32. The molecule has 0 saturated heterocycles. The van der Waals surface area contributed by atoms with Gasteiger partial charge in [-0.05, 0) is 12.5 Å². The van der Waals surface area contributed by atoms with Crippen molar-refractivity contribution in [3.05, 3.63) is 12.5 Å². The first-order valence-corrected chi connectivity index (χ1v) is 5.50. The predicted molar refractivity (Wildman–Crippen MR) is 54.9 cm³/mol. The average Bonchev–Trinajstić information content (AvgIpc) is 2.55. The normalized spacial score (nSPS) is 11.0. The van der Waals surface area contributed by atoms with Gasteiger partial charge in [0, 0.05) is 12.3 Å². The summed E-state index contributed by atoms with van der Waals surface area (Å²) in [5.41, 5.74) is 0. The molecule has 74 valence electrons. The molecule has 0 spiro atoms. The molecular formula is C9H16N2OS. The van der Waals surface area contributed by atoms with Gasteiger partial charge in [-0.3, -0.25) is 0 Å². The molecule has 1 aromatic rings. The summed E-state index contributed by atoms with van der Waals surface area (Å²) in [6, 6.07) is 0. The Labute approximate surface area is 83.3 Å². The standard InChI is InChI=1S/C9H16N2OS/c1-8(2)7-10-4-6-13-9-11-3-5-12-9/h3,5,8,10H,4,6-7H2,1-2H3. The van der Waals surface area contributed by atoms with Gasteiger partial charge in [0.05, 0.1) is 6.20 Å². The second kappa shape index (κ2) is 6.05. The maximum absolute atomic E-state index is 5.09. The Morgan fingerprint density at radius 1 is 1.62 bits per heavy atom. The minimum atomic E-state index is 0.715. The Hall–Kier alpha value is -0.480. The molecule has 3 nitrogen and oxygen atoms in total. The van der Waals surface area contributed by atoms with Gasteiger partial charge in [0.2, 0.25) is 0 Å². The number of thioether (sulfide) groups is 1. The Bertz CT molecular complexity index is 211. The van der Waals surface area contributed by atoms with Crippen molar-refractivity contribution in [2.75, 3.05) is 18.8 Å². The maximum Gasteiger partial charge on any atom is 0.255 e. The predicted octanol–water partition coefficient (Wildman–Crippen LogP) is 2.01. The van der Waals surface area contributed by atoms with E-state index >= 15 is 0 Å². The topological polar surface area (TPSA) is 38.1 Å². The minimum absolute atomic E-state index is 0.715. The molecule has 1 aromatic heterocycles. The van der Waals surface area contributed by atoms with Gasteiger partial charge >= 0.3 is 0 Å². The highest BCUT2D eigenvalue weighted by atomic mass is 32.2. The third-order valence-electron chi connectivity index (χ3n) is 1.47. The fraction of sp³-hybridized carbons (Fsp3) is 0.667. The van der Waals surface area contributed by atoms with Crippen LogP contribution < -0.4 is 5.32 Å². The number of hydrogen-bond acceptors (Lipinski definition) is 4. The zero-order valence-electron chi connectivity index (χ0n) is 8.12. The summed E-state index contributed by atoms with van der Waals surface area (Å²) in [6.07, 6.45) is 3.27. The van der Waals surface area contributed by atoms with Crippen molar-refractivity contribution in [2.24, 2.45) is 5.92 Å². The van der Waals surface area contributed by atoms with Crippen molar-refractivity contribution in [1.29, 1.82) is 0 Å². The number of nitrogens with zero attached hydrogens (tertiary/aromatic N) is 1. The lowest BCUT2D eigenvalue weighted by molar-refractivity contribution is 0.454. The number of oxazole rings is 1. The van der Waals surface area contributed by atoms with E-state index in [1.807, 2.05) is 0 Å². The lowest BCUT2D eigenvalue weighted by atomic mass is 10.2. The first-order chi connectivity index (χ1) is 6.29. The van der Waals surface area contributed by atoms with Crippen molar-refractivity contribution in [2.45, 2.75) is 19.1 Å². The molecule has 0 aliphatic carbocycles. The van der Waals surface area contributed by atoms with Crippen LogP contribution in [0.5, 0.6) is 0 Å². The molecule has 0 unspecified atom stereocenters. The van der Waals surface area contributed by atoms with Gasteiger partial charge in [0.1, 0.15) is 6.26 Å². The van der Waals surface area contributed by atoms with Crippen LogP contribution in [0.25, 0.3) is 0 Å². The first kappa shape index (κ1) is 10.6. The Balaban J connectivity index is 1.96. The Morgan fingerprint density at radius 2 is 2.46 bits per heavy atom. The van der Waals surface area contributed by atoms with Gasteiger partial charge in [-0.25, -0.2) is 4.98 Å². The Morgan fingerprint density at radius 3 is 3.08 bits per heavy atom. The number of hydrogen-bond donors (Lipinski definition) is 1. The van der Waals surface area contributed by atoms with Crippen LogP contribution in [0.1, 0.15) is 13.8 Å².